The molecule has 0 fully saturated rings. The van der Waals surface area contributed by atoms with Gasteiger partial charge in [0.25, 0.3) is 0 Å². The van der Waals surface area contributed by atoms with Crippen LogP contribution < -0.4 is 5.32 Å². The van der Waals surface area contributed by atoms with E-state index in [-0.39, 0.29) is 0 Å². The fourth-order valence-corrected chi connectivity index (χ4v) is 1.83. The minimum absolute atomic E-state index is 0.550. The average molecular weight is 351 g/mol. The lowest BCUT2D eigenvalue weighted by Crippen LogP contribution is -2.57. The molecular formula is C11H17N3O10. The molecule has 0 radical (unpaired) electrons. The molecule has 0 aromatic carbocycles. The van der Waals surface area contributed by atoms with Gasteiger partial charge in [-0.2, -0.15) is 0 Å². The molecule has 0 aromatic rings. The Morgan fingerprint density at radius 1 is 0.708 bits per heavy atom. The van der Waals surface area contributed by atoms with Crippen molar-refractivity contribution in [2.45, 2.75) is 6.17 Å². The molecule has 13 nitrogen and oxygen atoms in total. The number of nitrogens with one attached hydrogen (secondary N) is 1. The molecule has 24 heavy (non-hydrogen) atoms. The number of hydrogen-bond acceptors (Lipinski definition) is 7. The van der Waals surface area contributed by atoms with E-state index in [1.54, 1.807) is 0 Å². The van der Waals surface area contributed by atoms with E-state index in [4.69, 9.17) is 25.5 Å². The van der Waals surface area contributed by atoms with Gasteiger partial charge in [-0.25, -0.2) is 4.79 Å². The summed E-state index contributed by atoms with van der Waals surface area (Å²) >= 11 is 0. The van der Waals surface area contributed by atoms with Gasteiger partial charge in [-0.05, 0) is 0 Å². The summed E-state index contributed by atoms with van der Waals surface area (Å²) in [5, 5.41) is 45.7. The van der Waals surface area contributed by atoms with Crippen LogP contribution in [0.2, 0.25) is 0 Å². The van der Waals surface area contributed by atoms with Crippen molar-refractivity contribution in [2.24, 2.45) is 0 Å². The van der Waals surface area contributed by atoms with Crippen LogP contribution in [0.15, 0.2) is 0 Å². The highest BCUT2D eigenvalue weighted by Gasteiger charge is 2.28. The van der Waals surface area contributed by atoms with Gasteiger partial charge in [0.2, 0.25) is 0 Å². The summed E-state index contributed by atoms with van der Waals surface area (Å²) in [6.45, 7) is -3.79. The number of carbonyl (C=O) groups is 5. The lowest BCUT2D eigenvalue weighted by Gasteiger charge is -2.32. The summed E-state index contributed by atoms with van der Waals surface area (Å²) in [4.78, 5) is 55.5. The summed E-state index contributed by atoms with van der Waals surface area (Å²) in [5.41, 5.74) is 0. The van der Waals surface area contributed by atoms with Gasteiger partial charge in [0.1, 0.15) is 0 Å². The Bertz CT molecular complexity index is 476. The predicted molar refractivity (Wildman–Crippen MR) is 73.5 cm³/mol. The van der Waals surface area contributed by atoms with Crippen LogP contribution in [-0.2, 0) is 19.2 Å². The maximum atomic E-state index is 10.8. The lowest BCUT2D eigenvalue weighted by molar-refractivity contribution is -0.146. The van der Waals surface area contributed by atoms with Gasteiger partial charge >= 0.3 is 30.0 Å². The Hall–Kier alpha value is -2.93. The Kier molecular flexibility index (Phi) is 8.74. The number of nitrogens with zero attached hydrogens (tertiary/aromatic N) is 2. The minimum atomic E-state index is -1.62. The van der Waals surface area contributed by atoms with Crippen LogP contribution in [-0.4, -0.2) is 104 Å². The van der Waals surface area contributed by atoms with E-state index in [1.807, 2.05) is 5.32 Å². The third-order valence-corrected chi connectivity index (χ3v) is 2.56. The molecular weight excluding hydrogens is 334 g/mol. The summed E-state index contributed by atoms with van der Waals surface area (Å²) in [6.07, 6.45) is -3.07. The number of rotatable bonds is 12. The molecule has 0 spiro atoms. The summed E-state index contributed by atoms with van der Waals surface area (Å²) < 4.78 is 0. The first-order valence-electron chi connectivity index (χ1n) is 6.34. The highest BCUT2D eigenvalue weighted by atomic mass is 16.4. The van der Waals surface area contributed by atoms with Gasteiger partial charge in [0.05, 0.1) is 32.3 Å². The zero-order valence-corrected chi connectivity index (χ0v) is 12.3. The van der Waals surface area contributed by atoms with Crippen LogP contribution in [0.1, 0.15) is 0 Å². The Morgan fingerprint density at radius 3 is 1.38 bits per heavy atom. The van der Waals surface area contributed by atoms with Gasteiger partial charge < -0.3 is 30.8 Å². The van der Waals surface area contributed by atoms with E-state index in [0.717, 1.165) is 9.80 Å². The minimum Gasteiger partial charge on any atom is -0.480 e. The van der Waals surface area contributed by atoms with E-state index in [0.29, 0.717) is 0 Å². The van der Waals surface area contributed by atoms with Crippen LogP contribution >= 0.6 is 0 Å². The van der Waals surface area contributed by atoms with Gasteiger partial charge in [-0.15, -0.1) is 0 Å². The second-order valence-electron chi connectivity index (χ2n) is 4.61. The van der Waals surface area contributed by atoms with Crippen molar-refractivity contribution in [1.29, 1.82) is 0 Å². The Balaban J connectivity index is 5.36. The van der Waals surface area contributed by atoms with Gasteiger partial charge in [0.15, 0.2) is 0 Å². The molecule has 0 rings (SSSR count). The molecule has 0 aliphatic heterocycles. The summed E-state index contributed by atoms with van der Waals surface area (Å²) in [5.74, 6) is -5.69. The van der Waals surface area contributed by atoms with E-state index in [1.165, 1.54) is 0 Å². The third kappa shape index (κ3) is 9.91. The molecule has 136 valence electrons. The SMILES string of the molecule is O=C(O)CN(CC(=O)O)CC(NC(=O)O)N(CC(=O)O)CC(=O)O. The van der Waals surface area contributed by atoms with Crippen molar-refractivity contribution in [3.63, 3.8) is 0 Å². The van der Waals surface area contributed by atoms with Crippen LogP contribution in [0, 0.1) is 0 Å². The van der Waals surface area contributed by atoms with Crippen molar-refractivity contribution in [3.8, 4) is 0 Å². The van der Waals surface area contributed by atoms with Gasteiger partial charge in [0, 0.05) is 6.54 Å². The Morgan fingerprint density at radius 2 is 1.08 bits per heavy atom. The first kappa shape index (κ1) is 21.1. The number of carboxylic acids is 4. The van der Waals surface area contributed by atoms with E-state index in [9.17, 15) is 24.0 Å². The molecule has 6 N–H and O–H groups in total. The fraction of sp³-hybridized carbons (Fsp3) is 0.545. The molecule has 0 aliphatic carbocycles. The van der Waals surface area contributed by atoms with Crippen molar-refractivity contribution in [2.75, 3.05) is 32.7 Å². The molecule has 0 bridgehead atoms. The number of aliphatic carboxylic acids is 4. The monoisotopic (exact) mass is 351 g/mol. The zero-order valence-electron chi connectivity index (χ0n) is 12.3. The van der Waals surface area contributed by atoms with Crippen LogP contribution in [0.3, 0.4) is 0 Å². The number of hydrogen-bond donors (Lipinski definition) is 6. The topological polar surface area (TPSA) is 205 Å². The molecule has 0 saturated carbocycles. The van der Waals surface area contributed by atoms with Crippen LogP contribution in [0.25, 0.3) is 0 Å². The maximum absolute atomic E-state index is 10.8. The molecule has 0 saturated heterocycles. The fourth-order valence-electron chi connectivity index (χ4n) is 1.83. The molecule has 13 heteroatoms. The third-order valence-electron chi connectivity index (χ3n) is 2.56. The first-order valence-corrected chi connectivity index (χ1v) is 6.34. The number of carboxylic acid groups (broad SMARTS) is 5. The normalized spacial score (nSPS) is 11.9. The van der Waals surface area contributed by atoms with Crippen molar-refractivity contribution < 1.29 is 49.5 Å². The van der Waals surface area contributed by atoms with E-state index < -0.39 is 68.9 Å². The van der Waals surface area contributed by atoms with Crippen molar-refractivity contribution >= 4 is 30.0 Å². The highest BCUT2D eigenvalue weighted by Crippen LogP contribution is 2.02. The van der Waals surface area contributed by atoms with Crippen LogP contribution in [0.5, 0.6) is 0 Å². The van der Waals surface area contributed by atoms with Crippen LogP contribution in [0.4, 0.5) is 4.79 Å². The Labute approximate surface area is 134 Å². The molecule has 1 unspecified atom stereocenters. The summed E-state index contributed by atoms with van der Waals surface area (Å²) in [7, 11) is 0. The molecule has 1 atom stereocenters. The second kappa shape index (κ2) is 9.96. The first-order chi connectivity index (χ1) is 11.0. The quantitative estimate of drug-likeness (QED) is 0.202. The standard InChI is InChI=1S/C11H17N3O10/c15-7(16)2-13(3-8(17)18)1-6(12-11(23)24)14(4-9(19)20)5-10(21)22/h6,12H,1-5H2,(H,15,16)(H,17,18)(H,19,20)(H,21,22)(H,23,24). The van der Waals surface area contributed by atoms with Gasteiger partial charge in [-0.3, -0.25) is 29.0 Å². The van der Waals surface area contributed by atoms with E-state index in [2.05, 4.69) is 0 Å². The predicted octanol–water partition coefficient (Wildman–Crippen LogP) is -2.48. The highest BCUT2D eigenvalue weighted by molar-refractivity contribution is 5.74. The largest absolute Gasteiger partial charge is 0.480 e. The average Bonchev–Trinajstić information content (AvgIpc) is 2.33. The molecule has 0 aliphatic rings. The molecule has 0 aromatic heterocycles. The second-order valence-corrected chi connectivity index (χ2v) is 4.61. The lowest BCUT2D eigenvalue weighted by atomic mass is 10.3. The molecule has 0 heterocycles. The van der Waals surface area contributed by atoms with Gasteiger partial charge in [-0.1, -0.05) is 0 Å². The summed E-state index contributed by atoms with van der Waals surface area (Å²) in [6, 6.07) is 0. The number of amides is 1. The zero-order chi connectivity index (χ0) is 18.9. The smallest absolute Gasteiger partial charge is 0.405 e. The van der Waals surface area contributed by atoms with E-state index >= 15 is 0 Å². The molecule has 1 amide bonds. The van der Waals surface area contributed by atoms with Crippen molar-refractivity contribution in [1.82, 2.24) is 15.1 Å². The van der Waals surface area contributed by atoms with Crippen molar-refractivity contribution in [3.05, 3.63) is 0 Å². The maximum Gasteiger partial charge on any atom is 0.405 e.